The third-order valence-electron chi connectivity index (χ3n) is 3.41. The van der Waals surface area contributed by atoms with Gasteiger partial charge in [0, 0.05) is 4.90 Å². The van der Waals surface area contributed by atoms with E-state index in [4.69, 9.17) is 11.6 Å². The summed E-state index contributed by atoms with van der Waals surface area (Å²) >= 11 is 7.62. The summed E-state index contributed by atoms with van der Waals surface area (Å²) in [6, 6.07) is 14.6. The highest BCUT2D eigenvalue weighted by atomic mass is 35.5. The number of halogens is 1. The molecule has 0 saturated heterocycles. The number of carbonyl (C=O) groups is 1. The number of thioether (sulfide) groups is 1. The van der Waals surface area contributed by atoms with Gasteiger partial charge in [0.05, 0.1) is 17.1 Å². The van der Waals surface area contributed by atoms with Gasteiger partial charge in [-0.15, -0.1) is 11.8 Å². The molecule has 0 saturated carbocycles. The average molecular weight is 336 g/mol. The third kappa shape index (κ3) is 4.03. The molecule has 0 aliphatic heterocycles. The minimum Gasteiger partial charge on any atom is -0.384 e. The smallest absolute Gasteiger partial charge is 0.252 e. The summed E-state index contributed by atoms with van der Waals surface area (Å²) in [4.78, 5) is 13.3. The Balaban J connectivity index is 2.10. The molecule has 2 N–H and O–H groups in total. The summed E-state index contributed by atoms with van der Waals surface area (Å²) in [6.45, 7) is 1.78. The lowest BCUT2D eigenvalue weighted by Crippen LogP contribution is -2.38. The Morgan fingerprint density at radius 2 is 1.95 bits per heavy atom. The molecule has 1 unspecified atom stereocenters. The fourth-order valence-corrected chi connectivity index (χ4v) is 2.70. The fraction of sp³-hybridized carbons (Fsp3) is 0.235. The van der Waals surface area contributed by atoms with Crippen molar-refractivity contribution in [2.45, 2.75) is 17.4 Å². The Labute approximate surface area is 139 Å². The minimum atomic E-state index is -1.14. The molecule has 0 aromatic heterocycles. The quantitative estimate of drug-likeness (QED) is 0.819. The Hall–Kier alpha value is -1.49. The van der Waals surface area contributed by atoms with Crippen molar-refractivity contribution in [2.75, 3.05) is 12.8 Å². The molecule has 2 aromatic rings. The summed E-state index contributed by atoms with van der Waals surface area (Å²) in [7, 11) is 0. The normalized spacial score (nSPS) is 13.5. The molecule has 0 fully saturated rings. The number of aliphatic hydroxyl groups is 1. The van der Waals surface area contributed by atoms with Gasteiger partial charge in [0.1, 0.15) is 5.60 Å². The molecule has 1 atom stereocenters. The predicted octanol–water partition coefficient (Wildman–Crippen LogP) is 3.70. The van der Waals surface area contributed by atoms with Gasteiger partial charge in [0.2, 0.25) is 0 Å². The van der Waals surface area contributed by atoms with E-state index in [9.17, 15) is 9.90 Å². The van der Waals surface area contributed by atoms with E-state index in [2.05, 4.69) is 5.32 Å². The molecule has 1 amide bonds. The maximum absolute atomic E-state index is 12.3. The zero-order valence-corrected chi connectivity index (χ0v) is 14.0. The SMILES string of the molecule is CSc1ccc(Cl)c(C(=O)NCC(C)(O)c2ccccc2)c1. The lowest BCUT2D eigenvalue weighted by atomic mass is 9.96. The third-order valence-corrected chi connectivity index (χ3v) is 4.46. The lowest BCUT2D eigenvalue weighted by Gasteiger charge is -2.24. The van der Waals surface area contributed by atoms with Crippen LogP contribution in [0, 0.1) is 0 Å². The molecule has 3 nitrogen and oxygen atoms in total. The van der Waals surface area contributed by atoms with Crippen LogP contribution in [0.4, 0.5) is 0 Å². The molecule has 0 heterocycles. The summed E-state index contributed by atoms with van der Waals surface area (Å²) in [5.41, 5.74) is 0.0252. The van der Waals surface area contributed by atoms with Gasteiger partial charge in [-0.1, -0.05) is 41.9 Å². The second-order valence-electron chi connectivity index (χ2n) is 5.17. The van der Waals surface area contributed by atoms with E-state index >= 15 is 0 Å². The molecular formula is C17H18ClNO2S. The standard InChI is InChI=1S/C17H18ClNO2S/c1-17(21,12-6-4-3-5-7-12)11-19-16(20)14-10-13(22-2)8-9-15(14)18/h3-10,21H,11H2,1-2H3,(H,19,20). The zero-order chi connectivity index (χ0) is 16.2. The van der Waals surface area contributed by atoms with Gasteiger partial charge in [-0.3, -0.25) is 4.79 Å². The molecule has 0 aliphatic rings. The predicted molar refractivity (Wildman–Crippen MR) is 91.6 cm³/mol. The fourth-order valence-electron chi connectivity index (χ4n) is 2.05. The first-order valence-electron chi connectivity index (χ1n) is 6.83. The molecule has 116 valence electrons. The highest BCUT2D eigenvalue weighted by Gasteiger charge is 2.24. The number of hydrogen-bond donors (Lipinski definition) is 2. The van der Waals surface area contributed by atoms with Crippen LogP contribution in [0.2, 0.25) is 5.02 Å². The Kier molecular flexibility index (Phi) is 5.51. The monoisotopic (exact) mass is 335 g/mol. The number of hydrogen-bond acceptors (Lipinski definition) is 3. The van der Waals surface area contributed by atoms with E-state index in [-0.39, 0.29) is 12.5 Å². The van der Waals surface area contributed by atoms with Crippen molar-refractivity contribution >= 4 is 29.3 Å². The van der Waals surface area contributed by atoms with Crippen LogP contribution < -0.4 is 5.32 Å². The Bertz CT molecular complexity index is 659. The van der Waals surface area contributed by atoms with Crippen LogP contribution in [-0.2, 0) is 5.60 Å². The van der Waals surface area contributed by atoms with E-state index < -0.39 is 5.60 Å². The van der Waals surface area contributed by atoms with Crippen molar-refractivity contribution < 1.29 is 9.90 Å². The van der Waals surface area contributed by atoms with Crippen LogP contribution in [0.25, 0.3) is 0 Å². The van der Waals surface area contributed by atoms with Crippen LogP contribution in [0.3, 0.4) is 0 Å². The van der Waals surface area contributed by atoms with Gasteiger partial charge in [-0.25, -0.2) is 0 Å². The molecule has 0 radical (unpaired) electrons. The number of carbonyl (C=O) groups excluding carboxylic acids is 1. The topological polar surface area (TPSA) is 49.3 Å². The minimum absolute atomic E-state index is 0.107. The van der Waals surface area contributed by atoms with Gasteiger partial charge in [-0.05, 0) is 36.9 Å². The van der Waals surface area contributed by atoms with Gasteiger partial charge < -0.3 is 10.4 Å². The van der Waals surface area contributed by atoms with Crippen LogP contribution in [0.15, 0.2) is 53.4 Å². The molecule has 0 spiro atoms. The highest BCUT2D eigenvalue weighted by molar-refractivity contribution is 7.98. The molecule has 0 aliphatic carbocycles. The Morgan fingerprint density at radius 1 is 1.27 bits per heavy atom. The largest absolute Gasteiger partial charge is 0.384 e. The van der Waals surface area contributed by atoms with E-state index in [1.165, 1.54) is 0 Å². The number of rotatable bonds is 5. The zero-order valence-electron chi connectivity index (χ0n) is 12.5. The lowest BCUT2D eigenvalue weighted by molar-refractivity contribution is 0.0526. The van der Waals surface area contributed by atoms with E-state index in [0.717, 1.165) is 10.5 Å². The second-order valence-corrected chi connectivity index (χ2v) is 6.46. The van der Waals surface area contributed by atoms with E-state index in [1.54, 1.807) is 30.8 Å². The molecule has 2 rings (SSSR count). The Morgan fingerprint density at radius 3 is 2.59 bits per heavy atom. The number of benzene rings is 2. The van der Waals surface area contributed by atoms with Gasteiger partial charge in [-0.2, -0.15) is 0 Å². The van der Waals surface area contributed by atoms with Crippen LogP contribution in [0.5, 0.6) is 0 Å². The summed E-state index contributed by atoms with van der Waals surface area (Å²) in [5, 5.41) is 13.6. The van der Waals surface area contributed by atoms with E-state index in [1.807, 2.05) is 42.7 Å². The van der Waals surface area contributed by atoms with Gasteiger partial charge >= 0.3 is 0 Å². The number of amides is 1. The van der Waals surface area contributed by atoms with Crippen molar-refractivity contribution in [1.29, 1.82) is 0 Å². The van der Waals surface area contributed by atoms with E-state index in [0.29, 0.717) is 10.6 Å². The molecule has 22 heavy (non-hydrogen) atoms. The van der Waals surface area contributed by atoms with Gasteiger partial charge in [0.25, 0.3) is 5.91 Å². The van der Waals surface area contributed by atoms with Crippen LogP contribution >= 0.6 is 23.4 Å². The highest BCUT2D eigenvalue weighted by Crippen LogP contribution is 2.24. The summed E-state index contributed by atoms with van der Waals surface area (Å²) < 4.78 is 0. The maximum Gasteiger partial charge on any atom is 0.252 e. The van der Waals surface area contributed by atoms with Crippen molar-refractivity contribution in [3.63, 3.8) is 0 Å². The van der Waals surface area contributed by atoms with Crippen LogP contribution in [0.1, 0.15) is 22.8 Å². The van der Waals surface area contributed by atoms with Crippen molar-refractivity contribution in [3.8, 4) is 0 Å². The second kappa shape index (κ2) is 7.18. The molecule has 5 heteroatoms. The summed E-state index contributed by atoms with van der Waals surface area (Å²) in [5.74, 6) is -0.294. The number of nitrogens with one attached hydrogen (secondary N) is 1. The maximum atomic E-state index is 12.3. The van der Waals surface area contributed by atoms with Gasteiger partial charge in [0.15, 0.2) is 0 Å². The van der Waals surface area contributed by atoms with Crippen LogP contribution in [-0.4, -0.2) is 23.8 Å². The molecule has 2 aromatic carbocycles. The first-order chi connectivity index (χ1) is 10.4. The van der Waals surface area contributed by atoms with Crippen molar-refractivity contribution in [1.82, 2.24) is 5.32 Å². The van der Waals surface area contributed by atoms with Crippen molar-refractivity contribution in [3.05, 3.63) is 64.7 Å². The summed E-state index contributed by atoms with van der Waals surface area (Å²) in [6.07, 6.45) is 1.94. The first-order valence-corrected chi connectivity index (χ1v) is 8.44. The molecular weight excluding hydrogens is 318 g/mol. The first kappa shape index (κ1) is 16.9. The average Bonchev–Trinajstić information content (AvgIpc) is 2.54. The van der Waals surface area contributed by atoms with Crippen molar-refractivity contribution in [2.24, 2.45) is 0 Å². The molecule has 0 bridgehead atoms.